The Morgan fingerprint density at radius 3 is 2.65 bits per heavy atom. The van der Waals surface area contributed by atoms with Gasteiger partial charge in [0, 0.05) is 31.6 Å². The highest BCUT2D eigenvalue weighted by molar-refractivity contribution is 5.92. The van der Waals surface area contributed by atoms with Gasteiger partial charge in [0.1, 0.15) is 29.9 Å². The number of aromatic nitrogens is 5. The SMILES string of the molecule is COC1C=CC(c2cc(C(F)(F)F)c3c(N)ncnn23)=CN1[C@@H]1CN(C(=O)c2cnc(C)cn2)C[C@@H]1F. The Morgan fingerprint density at radius 1 is 1.19 bits per heavy atom. The number of anilines is 1. The van der Waals surface area contributed by atoms with Gasteiger partial charge in [-0.15, -0.1) is 0 Å². The summed E-state index contributed by atoms with van der Waals surface area (Å²) in [6.07, 6.45) is 1.63. The number of hydrogen-bond acceptors (Lipinski definition) is 8. The van der Waals surface area contributed by atoms with Crippen molar-refractivity contribution in [3.8, 4) is 0 Å². The molecule has 3 atom stereocenters. The van der Waals surface area contributed by atoms with Gasteiger partial charge in [-0.25, -0.2) is 18.9 Å². The van der Waals surface area contributed by atoms with Gasteiger partial charge in [-0.05, 0) is 19.1 Å². The third-order valence-electron chi connectivity index (χ3n) is 6.34. The van der Waals surface area contributed by atoms with Crippen molar-refractivity contribution in [2.75, 3.05) is 25.9 Å². The molecule has 0 bridgehead atoms. The molecule has 1 fully saturated rings. The maximum Gasteiger partial charge on any atom is 0.418 e. The van der Waals surface area contributed by atoms with Crippen molar-refractivity contribution in [2.45, 2.75) is 31.5 Å². The van der Waals surface area contributed by atoms with Gasteiger partial charge in [-0.3, -0.25) is 9.78 Å². The highest BCUT2D eigenvalue weighted by Gasteiger charge is 2.42. The monoisotopic (exact) mass is 518 g/mol. The Balaban J connectivity index is 1.49. The molecule has 1 amide bonds. The van der Waals surface area contributed by atoms with Gasteiger partial charge in [0.25, 0.3) is 5.91 Å². The molecule has 3 aromatic heterocycles. The number of amides is 1. The molecule has 37 heavy (non-hydrogen) atoms. The molecule has 1 unspecified atom stereocenters. The lowest BCUT2D eigenvalue weighted by molar-refractivity contribution is -0.136. The van der Waals surface area contributed by atoms with Crippen LogP contribution in [0.4, 0.5) is 23.4 Å². The van der Waals surface area contributed by atoms with Crippen molar-refractivity contribution >= 4 is 22.8 Å². The maximum absolute atomic E-state index is 15.3. The number of carbonyl (C=O) groups excluding carboxylic acids is 1. The van der Waals surface area contributed by atoms with Crippen LogP contribution >= 0.6 is 0 Å². The van der Waals surface area contributed by atoms with Gasteiger partial charge in [0.15, 0.2) is 5.82 Å². The van der Waals surface area contributed by atoms with E-state index >= 15 is 4.39 Å². The molecule has 10 nitrogen and oxygen atoms in total. The predicted octanol–water partition coefficient (Wildman–Crippen LogP) is 2.48. The summed E-state index contributed by atoms with van der Waals surface area (Å²) in [5.74, 6) is -0.795. The third-order valence-corrected chi connectivity index (χ3v) is 6.34. The Morgan fingerprint density at radius 2 is 1.97 bits per heavy atom. The highest BCUT2D eigenvalue weighted by Crippen LogP contribution is 2.38. The molecule has 0 aliphatic carbocycles. The molecule has 3 aromatic rings. The summed E-state index contributed by atoms with van der Waals surface area (Å²) in [5.41, 5.74) is 5.52. The van der Waals surface area contributed by atoms with Gasteiger partial charge in [0.2, 0.25) is 0 Å². The van der Waals surface area contributed by atoms with Crippen molar-refractivity contribution in [3.05, 3.63) is 65.8 Å². The van der Waals surface area contributed by atoms with Crippen molar-refractivity contribution < 1.29 is 27.1 Å². The number of carbonyl (C=O) groups is 1. The molecule has 2 N–H and O–H groups in total. The second-order valence-electron chi connectivity index (χ2n) is 8.70. The fraction of sp³-hybridized carbons (Fsp3) is 0.348. The first kappa shape index (κ1) is 24.6. The lowest BCUT2D eigenvalue weighted by atomic mass is 10.1. The van der Waals surface area contributed by atoms with E-state index in [0.29, 0.717) is 11.3 Å². The number of allylic oxidation sites excluding steroid dienone is 2. The molecular formula is C23H22F4N8O2. The second-order valence-corrected chi connectivity index (χ2v) is 8.70. The number of fused-ring (bicyclic) bond motifs is 1. The van der Waals surface area contributed by atoms with Gasteiger partial charge in [-0.1, -0.05) is 6.08 Å². The van der Waals surface area contributed by atoms with Crippen molar-refractivity contribution in [1.29, 1.82) is 0 Å². The molecule has 0 radical (unpaired) electrons. The lowest BCUT2D eigenvalue weighted by Gasteiger charge is -2.36. The van der Waals surface area contributed by atoms with E-state index in [1.165, 1.54) is 30.6 Å². The van der Waals surface area contributed by atoms with E-state index in [1.54, 1.807) is 24.0 Å². The minimum absolute atomic E-state index is 0.00482. The van der Waals surface area contributed by atoms with Crippen LogP contribution in [0.25, 0.3) is 11.1 Å². The number of methoxy groups -OCH3 is 1. The molecular weight excluding hydrogens is 496 g/mol. The first-order valence-corrected chi connectivity index (χ1v) is 11.2. The van der Waals surface area contributed by atoms with Crippen LogP contribution in [0.15, 0.2) is 43.1 Å². The predicted molar refractivity (Wildman–Crippen MR) is 124 cm³/mol. The highest BCUT2D eigenvalue weighted by atomic mass is 19.4. The van der Waals surface area contributed by atoms with Gasteiger partial charge in [-0.2, -0.15) is 18.3 Å². The topological polar surface area (TPSA) is 115 Å². The van der Waals surface area contributed by atoms with Crippen LogP contribution in [-0.2, 0) is 10.9 Å². The average Bonchev–Trinajstić information content (AvgIpc) is 3.46. The first-order chi connectivity index (χ1) is 17.6. The minimum atomic E-state index is -4.70. The van der Waals surface area contributed by atoms with Crippen molar-refractivity contribution in [3.63, 3.8) is 0 Å². The van der Waals surface area contributed by atoms with Gasteiger partial charge < -0.3 is 20.3 Å². The van der Waals surface area contributed by atoms with E-state index in [2.05, 4.69) is 20.1 Å². The van der Waals surface area contributed by atoms with Gasteiger partial charge in [0.05, 0.1) is 35.7 Å². The van der Waals surface area contributed by atoms with E-state index < -0.39 is 36.1 Å². The summed E-state index contributed by atoms with van der Waals surface area (Å²) < 4.78 is 63.1. The number of halogens is 4. The number of nitrogen functional groups attached to an aromatic ring is 1. The maximum atomic E-state index is 15.3. The zero-order valence-corrected chi connectivity index (χ0v) is 19.7. The van der Waals surface area contributed by atoms with E-state index in [1.807, 2.05) is 0 Å². The number of ether oxygens (including phenoxy) is 1. The molecule has 194 valence electrons. The standard InChI is InChI=1S/C23H22F4N8O2/c1-12-6-30-16(7-29-12)22(36)33-9-15(24)18(10-33)34-8-13(3-4-19(34)37-2)17-5-14(23(25,26)27)20-21(28)31-11-32-35(17)20/h3-8,11,15,18-19H,9-10H2,1-2H3,(H2,28,31,32)/t15-,18+,19?/m0/s1. The number of likely N-dealkylation sites (tertiary alicyclic amines) is 1. The second kappa shape index (κ2) is 9.10. The fourth-order valence-electron chi connectivity index (χ4n) is 4.55. The van der Waals surface area contributed by atoms with Crippen LogP contribution in [0.5, 0.6) is 0 Å². The van der Waals surface area contributed by atoms with Crippen molar-refractivity contribution in [2.24, 2.45) is 0 Å². The summed E-state index contributed by atoms with van der Waals surface area (Å²) in [6.45, 7) is 1.55. The summed E-state index contributed by atoms with van der Waals surface area (Å²) in [6, 6.07) is 0.0928. The Hall–Kier alpha value is -4.07. The minimum Gasteiger partial charge on any atom is -0.382 e. The smallest absolute Gasteiger partial charge is 0.382 e. The lowest BCUT2D eigenvalue weighted by Crippen LogP contribution is -2.46. The number of hydrogen-bond donors (Lipinski definition) is 1. The Labute approximate surface area is 208 Å². The molecule has 0 saturated carbocycles. The molecule has 0 aromatic carbocycles. The van der Waals surface area contributed by atoms with Crippen LogP contribution < -0.4 is 5.73 Å². The average molecular weight is 518 g/mol. The van der Waals surface area contributed by atoms with Crippen LogP contribution in [-0.4, -0.2) is 78.9 Å². The van der Waals surface area contributed by atoms with Crippen LogP contribution in [0.3, 0.4) is 0 Å². The summed E-state index contributed by atoms with van der Waals surface area (Å²) in [5, 5.41) is 3.96. The van der Waals surface area contributed by atoms with Crippen LogP contribution in [0, 0.1) is 6.92 Å². The molecule has 5 heterocycles. The van der Waals surface area contributed by atoms with Crippen molar-refractivity contribution in [1.82, 2.24) is 34.4 Å². The zero-order chi connectivity index (χ0) is 26.5. The van der Waals surface area contributed by atoms with Crippen LogP contribution in [0.1, 0.15) is 27.4 Å². The zero-order valence-electron chi connectivity index (χ0n) is 19.7. The molecule has 2 aliphatic heterocycles. The normalized spacial score (nSPS) is 22.1. The number of nitrogens with zero attached hydrogens (tertiary/aromatic N) is 7. The van der Waals surface area contributed by atoms with E-state index in [0.717, 1.165) is 16.9 Å². The first-order valence-electron chi connectivity index (χ1n) is 11.2. The number of nitrogens with two attached hydrogens (primary N) is 1. The third kappa shape index (κ3) is 4.37. The quantitative estimate of drug-likeness (QED) is 0.524. The number of aryl methyl sites for hydroxylation is 1. The fourth-order valence-corrected chi connectivity index (χ4v) is 4.55. The van der Waals surface area contributed by atoms with Crippen LogP contribution in [0.2, 0.25) is 0 Å². The van der Waals surface area contributed by atoms with E-state index in [4.69, 9.17) is 10.5 Å². The molecule has 0 spiro atoms. The largest absolute Gasteiger partial charge is 0.418 e. The summed E-state index contributed by atoms with van der Waals surface area (Å²) >= 11 is 0. The Bertz CT molecular complexity index is 1400. The number of alkyl halides is 4. The molecule has 14 heteroatoms. The van der Waals surface area contributed by atoms with Gasteiger partial charge >= 0.3 is 6.18 Å². The molecule has 2 aliphatic rings. The molecule has 1 saturated heterocycles. The summed E-state index contributed by atoms with van der Waals surface area (Å²) in [7, 11) is 1.43. The molecule has 5 rings (SSSR count). The van der Waals surface area contributed by atoms with E-state index in [9.17, 15) is 18.0 Å². The Kier molecular flexibility index (Phi) is 6.06. The summed E-state index contributed by atoms with van der Waals surface area (Å²) in [4.78, 5) is 27.6. The number of rotatable bonds is 4. The van der Waals surface area contributed by atoms with E-state index in [-0.39, 0.29) is 35.8 Å².